The second-order valence-corrected chi connectivity index (χ2v) is 20.8. The maximum Gasteiger partial charge on any atom is 0.251 e. The van der Waals surface area contributed by atoms with Gasteiger partial charge in [-0.1, -0.05) is 25.1 Å². The van der Waals surface area contributed by atoms with Crippen LogP contribution in [0.1, 0.15) is 18.4 Å². The first-order chi connectivity index (χ1) is 8.61. The fourth-order valence-electron chi connectivity index (χ4n) is 1.94. The minimum atomic E-state index is -2.44. The molecule has 0 aliphatic heterocycles. The predicted molar refractivity (Wildman–Crippen MR) is 90.0 cm³/mol. The number of hydrogen-bond acceptors (Lipinski definition) is 0. The summed E-state index contributed by atoms with van der Waals surface area (Å²) >= 11 is 25.0. The number of halogens is 5. The summed E-state index contributed by atoms with van der Waals surface area (Å²) in [5.41, 5.74) is 0.664. The van der Waals surface area contributed by atoms with Gasteiger partial charge in [0.05, 0.1) is 0 Å². The molecule has 0 spiro atoms. The lowest BCUT2D eigenvalue weighted by atomic mass is 10.0. The molecule has 0 nitrogen and oxygen atoms in total. The van der Waals surface area contributed by atoms with Crippen molar-refractivity contribution in [1.29, 1.82) is 0 Å². The maximum absolute atomic E-state index is 13.7. The summed E-state index contributed by atoms with van der Waals surface area (Å²) in [6, 6.07) is 8.68. The van der Waals surface area contributed by atoms with Gasteiger partial charge in [0, 0.05) is 0 Å². The van der Waals surface area contributed by atoms with Crippen LogP contribution in [0.25, 0.3) is 0 Å². The summed E-state index contributed by atoms with van der Waals surface area (Å²) in [6.45, 7) is -0.807. The molecule has 108 valence electrons. The first-order valence-corrected chi connectivity index (χ1v) is 15.3. The summed E-state index contributed by atoms with van der Waals surface area (Å²) in [7, 11) is 0. The second kappa shape index (κ2) is 7.14. The van der Waals surface area contributed by atoms with Gasteiger partial charge in [-0.3, -0.25) is 0 Å². The maximum atomic E-state index is 13.7. The number of benzene rings is 1. The Hall–Kier alpha value is 0.744. The van der Waals surface area contributed by atoms with Crippen molar-refractivity contribution in [3.63, 3.8) is 0 Å². The topological polar surface area (TPSA) is 0 Å². The predicted octanol–water partition coefficient (Wildman–Crippen LogP) is 6.40. The summed E-state index contributed by atoms with van der Waals surface area (Å²) in [6.07, 6.45) is 0. The van der Waals surface area contributed by atoms with E-state index in [1.165, 1.54) is 6.07 Å². The Morgan fingerprint density at radius 3 is 2.21 bits per heavy atom. The molecule has 1 atom stereocenters. The first-order valence-electron chi connectivity index (χ1n) is 6.11. The monoisotopic (exact) mass is 376 g/mol. The van der Waals surface area contributed by atoms with Gasteiger partial charge in [-0.2, -0.15) is 0 Å². The Labute approximate surface area is 135 Å². The minimum absolute atomic E-state index is 0.00133. The molecular formula is C12H17Cl4FSi2. The van der Waals surface area contributed by atoms with Gasteiger partial charge in [-0.25, -0.2) is 4.39 Å². The van der Waals surface area contributed by atoms with E-state index in [-0.39, 0.29) is 11.7 Å². The molecule has 0 aliphatic carbocycles. The molecule has 0 saturated carbocycles. The smallest absolute Gasteiger partial charge is 0.207 e. The molecule has 7 heteroatoms. The zero-order valence-corrected chi connectivity index (χ0v) is 15.9. The molecule has 0 bridgehead atoms. The molecule has 1 unspecified atom stereocenters. The lowest BCUT2D eigenvalue weighted by Crippen LogP contribution is -2.25. The van der Waals surface area contributed by atoms with Crippen molar-refractivity contribution in [3.8, 4) is 0 Å². The lowest BCUT2D eigenvalue weighted by Gasteiger charge is -2.23. The third-order valence-corrected chi connectivity index (χ3v) is 9.98. The average Bonchev–Trinajstić information content (AvgIpc) is 2.25. The molecule has 0 saturated heterocycles. The summed E-state index contributed by atoms with van der Waals surface area (Å²) in [5, 5.41) is 0. The SMILES string of the molecule is CC(C[Si](Cl)(Cl)CC[Si](C)(Cl)Cl)c1ccccc1F. The highest BCUT2D eigenvalue weighted by molar-refractivity contribution is 7.48. The standard InChI is InChI=1S/C12H17Cl4FSi2/c1-10(11-5-3-4-6-12(11)17)9-19(15,16)8-7-18(2,13)14/h3-6,10H,7-9H2,1-2H3. The van der Waals surface area contributed by atoms with E-state index in [0.717, 1.165) is 0 Å². The molecule has 1 rings (SSSR count). The van der Waals surface area contributed by atoms with Crippen LogP contribution in [0.2, 0.25) is 24.7 Å². The van der Waals surface area contributed by atoms with Gasteiger partial charge in [0.25, 0.3) is 6.69 Å². The zero-order chi connectivity index (χ0) is 14.7. The summed E-state index contributed by atoms with van der Waals surface area (Å²) < 4.78 is 13.7. The average molecular weight is 378 g/mol. The molecule has 0 fully saturated rings. The van der Waals surface area contributed by atoms with Gasteiger partial charge in [0.1, 0.15) is 5.82 Å². The van der Waals surface area contributed by atoms with E-state index in [1.807, 2.05) is 19.5 Å². The van der Waals surface area contributed by atoms with E-state index in [9.17, 15) is 4.39 Å². The van der Waals surface area contributed by atoms with E-state index in [2.05, 4.69) is 0 Å². The largest absolute Gasteiger partial charge is 0.251 e. The Balaban J connectivity index is 2.65. The van der Waals surface area contributed by atoms with Gasteiger partial charge in [0.15, 0.2) is 0 Å². The highest BCUT2D eigenvalue weighted by Gasteiger charge is 2.35. The molecule has 0 N–H and O–H groups in total. The molecule has 19 heavy (non-hydrogen) atoms. The Morgan fingerprint density at radius 2 is 1.68 bits per heavy atom. The van der Waals surface area contributed by atoms with E-state index in [0.29, 0.717) is 23.7 Å². The van der Waals surface area contributed by atoms with Crippen molar-refractivity contribution < 1.29 is 4.39 Å². The molecule has 0 radical (unpaired) electrons. The summed E-state index contributed by atoms with van der Waals surface area (Å²) in [5.74, 6) is -0.205. The quantitative estimate of drug-likeness (QED) is 0.397. The number of hydrogen-bond donors (Lipinski definition) is 0. The Kier molecular flexibility index (Phi) is 6.69. The molecule has 0 aliphatic rings. The lowest BCUT2D eigenvalue weighted by molar-refractivity contribution is 0.597. The Morgan fingerprint density at radius 1 is 1.11 bits per heavy atom. The molecule has 1 aromatic rings. The normalized spacial score (nSPS) is 14.5. The van der Waals surface area contributed by atoms with Crippen molar-refractivity contribution in [3.05, 3.63) is 35.6 Å². The second-order valence-electron chi connectivity index (χ2n) is 5.05. The highest BCUT2D eigenvalue weighted by Crippen LogP contribution is 2.38. The van der Waals surface area contributed by atoms with Crippen LogP contribution in [0.3, 0.4) is 0 Å². The van der Waals surface area contributed by atoms with Crippen LogP contribution in [0.5, 0.6) is 0 Å². The fourth-order valence-corrected chi connectivity index (χ4v) is 11.3. The third-order valence-electron chi connectivity index (χ3n) is 2.97. The van der Waals surface area contributed by atoms with Crippen LogP contribution in [-0.2, 0) is 0 Å². The van der Waals surface area contributed by atoms with Crippen molar-refractivity contribution in [2.24, 2.45) is 0 Å². The first kappa shape index (κ1) is 17.8. The molecule has 0 amide bonds. The molecular weight excluding hydrogens is 361 g/mol. The minimum Gasteiger partial charge on any atom is -0.207 e. The van der Waals surface area contributed by atoms with Crippen LogP contribution >= 0.6 is 44.3 Å². The molecule has 1 aromatic carbocycles. The van der Waals surface area contributed by atoms with E-state index >= 15 is 0 Å². The van der Waals surface area contributed by atoms with Crippen molar-refractivity contribution in [1.82, 2.24) is 0 Å². The van der Waals surface area contributed by atoms with Crippen molar-refractivity contribution >= 4 is 57.7 Å². The van der Waals surface area contributed by atoms with E-state index in [1.54, 1.807) is 12.1 Å². The van der Waals surface area contributed by atoms with Gasteiger partial charge in [0.2, 0.25) is 6.69 Å². The van der Waals surface area contributed by atoms with Gasteiger partial charge in [-0.15, -0.1) is 44.3 Å². The highest BCUT2D eigenvalue weighted by atomic mass is 35.7. The van der Waals surface area contributed by atoms with Crippen LogP contribution in [0, 0.1) is 5.82 Å². The van der Waals surface area contributed by atoms with Crippen LogP contribution in [0.15, 0.2) is 24.3 Å². The zero-order valence-electron chi connectivity index (χ0n) is 10.9. The van der Waals surface area contributed by atoms with Crippen LogP contribution < -0.4 is 0 Å². The van der Waals surface area contributed by atoms with E-state index in [4.69, 9.17) is 44.3 Å². The molecule has 0 aromatic heterocycles. The number of rotatable bonds is 6. The summed E-state index contributed by atoms with van der Waals surface area (Å²) in [4.78, 5) is 0. The van der Waals surface area contributed by atoms with Crippen molar-refractivity contribution in [2.75, 3.05) is 0 Å². The van der Waals surface area contributed by atoms with Gasteiger partial charge in [-0.05, 0) is 42.2 Å². The van der Waals surface area contributed by atoms with E-state index < -0.39 is 13.4 Å². The van der Waals surface area contributed by atoms with Gasteiger partial charge >= 0.3 is 0 Å². The fraction of sp³-hybridized carbons (Fsp3) is 0.500. The molecule has 0 heterocycles. The third kappa shape index (κ3) is 6.83. The van der Waals surface area contributed by atoms with Crippen LogP contribution in [-0.4, -0.2) is 13.4 Å². The van der Waals surface area contributed by atoms with Crippen molar-refractivity contribution in [2.45, 2.75) is 37.5 Å². The Bertz CT molecular complexity index is 420. The van der Waals surface area contributed by atoms with Gasteiger partial charge < -0.3 is 0 Å². The van der Waals surface area contributed by atoms with Crippen LogP contribution in [0.4, 0.5) is 4.39 Å².